The van der Waals surface area contributed by atoms with Crippen LogP contribution >= 0.6 is 11.3 Å². The van der Waals surface area contributed by atoms with Gasteiger partial charge in [0, 0.05) is 17.8 Å². The summed E-state index contributed by atoms with van der Waals surface area (Å²) < 4.78 is 39.5. The van der Waals surface area contributed by atoms with Crippen molar-refractivity contribution in [2.75, 3.05) is 6.54 Å². The van der Waals surface area contributed by atoms with Crippen molar-refractivity contribution in [3.05, 3.63) is 46.3 Å². The lowest BCUT2D eigenvalue weighted by molar-refractivity contribution is -0.191. The molecular weight excluding hydrogens is 505 g/mol. The van der Waals surface area contributed by atoms with E-state index in [0.29, 0.717) is 5.56 Å². The average Bonchev–Trinajstić information content (AvgIpc) is 3.25. The van der Waals surface area contributed by atoms with Crippen molar-refractivity contribution >= 4 is 29.1 Å². The molecule has 0 aliphatic carbocycles. The molecule has 1 aliphatic rings. The minimum absolute atomic E-state index is 0.0152. The normalized spacial score (nSPS) is 18.1. The van der Waals surface area contributed by atoms with Gasteiger partial charge in [0.2, 0.25) is 11.8 Å². The predicted molar refractivity (Wildman–Crippen MR) is 136 cm³/mol. The van der Waals surface area contributed by atoms with Crippen molar-refractivity contribution in [1.82, 2.24) is 10.2 Å². The summed E-state index contributed by atoms with van der Waals surface area (Å²) in [4.78, 5) is 40.0. The number of nitrogens with one attached hydrogen (secondary N) is 1. The Morgan fingerprint density at radius 1 is 1.22 bits per heavy atom. The summed E-state index contributed by atoms with van der Waals surface area (Å²) in [6.45, 7) is 7.53. The molecule has 0 radical (unpaired) electrons. The van der Waals surface area contributed by atoms with Crippen molar-refractivity contribution in [3.8, 4) is 10.4 Å². The zero-order chi connectivity index (χ0) is 27.5. The smallest absolute Gasteiger partial charge is 0.392 e. The number of thiophene rings is 1. The van der Waals surface area contributed by atoms with Gasteiger partial charge in [0.05, 0.1) is 18.4 Å². The van der Waals surface area contributed by atoms with Crippen LogP contribution in [0.5, 0.6) is 0 Å². The Morgan fingerprint density at radius 3 is 2.41 bits per heavy atom. The number of carboxylic acids is 1. The number of likely N-dealkylation sites (tertiary alicyclic amines) is 1. The molecule has 10 heteroatoms. The molecule has 1 aliphatic heterocycles. The maximum absolute atomic E-state index is 13.4. The van der Waals surface area contributed by atoms with Crippen LogP contribution in [-0.4, -0.2) is 46.6 Å². The van der Waals surface area contributed by atoms with Gasteiger partial charge in [0.1, 0.15) is 6.04 Å². The molecular formula is C27H33F3N2O4S. The number of halogens is 3. The Morgan fingerprint density at radius 2 is 1.86 bits per heavy atom. The molecule has 37 heavy (non-hydrogen) atoms. The maximum atomic E-state index is 13.4. The van der Waals surface area contributed by atoms with Crippen LogP contribution in [-0.2, 0) is 14.4 Å². The Bertz CT molecular complexity index is 1120. The van der Waals surface area contributed by atoms with Gasteiger partial charge < -0.3 is 15.3 Å². The fourth-order valence-electron chi connectivity index (χ4n) is 4.84. The van der Waals surface area contributed by atoms with Crippen LogP contribution in [0.15, 0.2) is 29.6 Å². The third-order valence-electron chi connectivity index (χ3n) is 6.74. The Hall–Kier alpha value is -2.88. The van der Waals surface area contributed by atoms with Gasteiger partial charge in [-0.25, -0.2) is 0 Å². The standard InChI is InChI=1S/C27H33F3N2O4S/c1-15(2)10-21(32-9-8-19(12-23(32)33)27(28,29)30)26(36)31-20(13-24(34)35)18-11-22(37-14-18)25-16(3)6-5-7-17(25)4/h5-7,11,14-15,19-21H,8-10,12-13H2,1-4H3,(H,31,36)(H,34,35)/t19-,20+,21+/m0/s1. The molecule has 3 rings (SSSR count). The number of benzene rings is 1. The van der Waals surface area contributed by atoms with Crippen molar-refractivity contribution in [3.63, 3.8) is 0 Å². The second-order valence-electron chi connectivity index (χ2n) is 10.1. The number of piperidine rings is 1. The first-order valence-corrected chi connectivity index (χ1v) is 13.2. The van der Waals surface area contributed by atoms with Gasteiger partial charge in [0.15, 0.2) is 0 Å². The Labute approximate surface area is 218 Å². The van der Waals surface area contributed by atoms with Crippen LogP contribution in [0.4, 0.5) is 13.2 Å². The van der Waals surface area contributed by atoms with Gasteiger partial charge in [-0.2, -0.15) is 13.2 Å². The van der Waals surface area contributed by atoms with Gasteiger partial charge in [-0.15, -0.1) is 11.3 Å². The van der Waals surface area contributed by atoms with E-state index < -0.39 is 48.4 Å². The summed E-state index contributed by atoms with van der Waals surface area (Å²) in [5.41, 5.74) is 3.83. The summed E-state index contributed by atoms with van der Waals surface area (Å²) in [5.74, 6) is -4.10. The first-order chi connectivity index (χ1) is 17.3. The highest BCUT2D eigenvalue weighted by Crippen LogP contribution is 2.37. The van der Waals surface area contributed by atoms with Gasteiger partial charge in [-0.3, -0.25) is 14.4 Å². The van der Waals surface area contributed by atoms with Crippen molar-refractivity contribution < 1.29 is 32.7 Å². The summed E-state index contributed by atoms with van der Waals surface area (Å²) in [6.07, 6.45) is -5.53. The number of carbonyl (C=O) groups is 3. The zero-order valence-corrected chi connectivity index (χ0v) is 22.2. The lowest BCUT2D eigenvalue weighted by Crippen LogP contribution is -2.54. The number of hydrogen-bond donors (Lipinski definition) is 2. The minimum Gasteiger partial charge on any atom is -0.481 e. The van der Waals surface area contributed by atoms with E-state index in [2.05, 4.69) is 5.32 Å². The topological polar surface area (TPSA) is 86.7 Å². The van der Waals surface area contributed by atoms with Gasteiger partial charge in [-0.1, -0.05) is 32.0 Å². The Kier molecular flexibility index (Phi) is 9.05. The lowest BCUT2D eigenvalue weighted by Gasteiger charge is -2.38. The molecule has 2 heterocycles. The third-order valence-corrected chi connectivity index (χ3v) is 7.71. The summed E-state index contributed by atoms with van der Waals surface area (Å²) in [5, 5.41) is 14.1. The summed E-state index contributed by atoms with van der Waals surface area (Å²) >= 11 is 1.45. The first-order valence-electron chi connectivity index (χ1n) is 12.3. The molecule has 0 unspecified atom stereocenters. The Balaban J connectivity index is 1.85. The molecule has 1 aromatic heterocycles. The van der Waals surface area contributed by atoms with E-state index in [1.54, 1.807) is 0 Å². The maximum Gasteiger partial charge on any atom is 0.392 e. The monoisotopic (exact) mass is 538 g/mol. The van der Waals surface area contributed by atoms with Crippen LogP contribution in [0.1, 0.15) is 62.3 Å². The number of aryl methyl sites for hydroxylation is 2. The largest absolute Gasteiger partial charge is 0.481 e. The molecule has 2 N–H and O–H groups in total. The van der Waals surface area contributed by atoms with E-state index in [0.717, 1.165) is 21.6 Å². The number of rotatable bonds is 9. The van der Waals surface area contributed by atoms with E-state index in [-0.39, 0.29) is 31.7 Å². The second kappa shape index (κ2) is 11.7. The van der Waals surface area contributed by atoms with Crippen LogP contribution in [0.3, 0.4) is 0 Å². The minimum atomic E-state index is -4.46. The number of carboxylic acid groups (broad SMARTS) is 1. The highest BCUT2D eigenvalue weighted by Gasteiger charge is 2.46. The van der Waals surface area contributed by atoms with Crippen LogP contribution in [0.2, 0.25) is 0 Å². The van der Waals surface area contributed by atoms with Crippen LogP contribution in [0, 0.1) is 25.7 Å². The molecule has 6 nitrogen and oxygen atoms in total. The lowest BCUT2D eigenvalue weighted by atomic mass is 9.92. The van der Waals surface area contributed by atoms with E-state index in [1.807, 2.05) is 57.3 Å². The van der Waals surface area contributed by atoms with E-state index in [9.17, 15) is 32.7 Å². The molecule has 0 bridgehead atoms. The van der Waals surface area contributed by atoms with Crippen molar-refractivity contribution in [2.45, 2.75) is 71.6 Å². The SMILES string of the molecule is Cc1cccc(C)c1-c1cc([C@@H](CC(=O)O)NC(=O)[C@@H](CC(C)C)N2CC[C@H](C(F)(F)F)CC2=O)cs1. The second-order valence-corrected chi connectivity index (χ2v) is 11.0. The number of aliphatic carboxylic acids is 1. The fourth-order valence-corrected chi connectivity index (χ4v) is 5.98. The van der Waals surface area contributed by atoms with E-state index >= 15 is 0 Å². The molecule has 0 saturated carbocycles. The molecule has 1 fully saturated rings. The van der Waals surface area contributed by atoms with Gasteiger partial charge >= 0.3 is 12.1 Å². The highest BCUT2D eigenvalue weighted by atomic mass is 32.1. The van der Waals surface area contributed by atoms with Gasteiger partial charge in [0.25, 0.3) is 0 Å². The van der Waals surface area contributed by atoms with Gasteiger partial charge in [-0.05, 0) is 66.3 Å². The number of carbonyl (C=O) groups excluding carboxylic acids is 2. The molecule has 1 saturated heterocycles. The zero-order valence-electron chi connectivity index (χ0n) is 21.4. The van der Waals surface area contributed by atoms with Crippen molar-refractivity contribution in [1.29, 1.82) is 0 Å². The number of nitrogens with zero attached hydrogens (tertiary/aromatic N) is 1. The number of hydrogen-bond acceptors (Lipinski definition) is 4. The highest BCUT2D eigenvalue weighted by molar-refractivity contribution is 7.13. The molecule has 2 amide bonds. The molecule has 1 aromatic carbocycles. The summed E-state index contributed by atoms with van der Waals surface area (Å²) in [6, 6.07) is 5.99. The first kappa shape index (κ1) is 28.7. The fraction of sp³-hybridized carbons (Fsp3) is 0.519. The summed E-state index contributed by atoms with van der Waals surface area (Å²) in [7, 11) is 0. The quantitative estimate of drug-likeness (QED) is 0.418. The number of amides is 2. The third kappa shape index (κ3) is 7.12. The average molecular weight is 539 g/mol. The molecule has 3 atom stereocenters. The van der Waals surface area contributed by atoms with Crippen LogP contribution < -0.4 is 5.32 Å². The predicted octanol–water partition coefficient (Wildman–Crippen LogP) is 5.88. The molecule has 202 valence electrons. The molecule has 2 aromatic rings. The number of alkyl halides is 3. The van der Waals surface area contributed by atoms with E-state index in [1.165, 1.54) is 16.2 Å². The van der Waals surface area contributed by atoms with Crippen molar-refractivity contribution in [2.24, 2.45) is 11.8 Å². The van der Waals surface area contributed by atoms with Crippen LogP contribution in [0.25, 0.3) is 10.4 Å². The van der Waals surface area contributed by atoms with E-state index in [4.69, 9.17) is 0 Å². The molecule has 0 spiro atoms.